The van der Waals surface area contributed by atoms with E-state index in [-0.39, 0.29) is 12.5 Å². The Hall–Kier alpha value is -2.20. The van der Waals surface area contributed by atoms with Crippen molar-refractivity contribution in [2.24, 2.45) is 0 Å². The molecule has 0 bridgehead atoms. The molecule has 1 heterocycles. The molecule has 0 aliphatic rings. The molecule has 0 spiro atoms. The second-order valence-electron chi connectivity index (χ2n) is 4.78. The second-order valence-corrected chi connectivity index (χ2v) is 4.78. The number of anilines is 1. The first-order valence-electron chi connectivity index (χ1n) is 6.62. The Morgan fingerprint density at radius 2 is 1.90 bits per heavy atom. The highest BCUT2D eigenvalue weighted by Gasteiger charge is 2.06. The lowest BCUT2D eigenvalue weighted by molar-refractivity contribution is -0.115. The van der Waals surface area contributed by atoms with Gasteiger partial charge < -0.3 is 10.6 Å². The van der Waals surface area contributed by atoms with Gasteiger partial charge >= 0.3 is 0 Å². The van der Waals surface area contributed by atoms with Crippen LogP contribution in [0.5, 0.6) is 0 Å². The van der Waals surface area contributed by atoms with Gasteiger partial charge in [-0.3, -0.25) is 9.78 Å². The van der Waals surface area contributed by atoms with Gasteiger partial charge in [0.15, 0.2) is 0 Å². The van der Waals surface area contributed by atoms with Crippen LogP contribution in [0.2, 0.25) is 0 Å². The SMILES string of the molecule is Cc1cccc(C)c1NC(=O)CNCc1cccnc1. The molecule has 2 aromatic rings. The van der Waals surface area contributed by atoms with Gasteiger partial charge in [-0.1, -0.05) is 24.3 Å². The van der Waals surface area contributed by atoms with Crippen LogP contribution in [0.15, 0.2) is 42.7 Å². The van der Waals surface area contributed by atoms with Crippen LogP contribution in [-0.4, -0.2) is 17.4 Å². The molecule has 1 aromatic carbocycles. The van der Waals surface area contributed by atoms with E-state index in [1.165, 1.54) is 0 Å². The molecule has 0 saturated carbocycles. The summed E-state index contributed by atoms with van der Waals surface area (Å²) in [7, 11) is 0. The summed E-state index contributed by atoms with van der Waals surface area (Å²) < 4.78 is 0. The molecule has 0 aliphatic carbocycles. The highest BCUT2D eigenvalue weighted by molar-refractivity contribution is 5.93. The minimum Gasteiger partial charge on any atom is -0.324 e. The highest BCUT2D eigenvalue weighted by atomic mass is 16.1. The number of pyridine rings is 1. The molecule has 0 aliphatic heterocycles. The van der Waals surface area contributed by atoms with Crippen LogP contribution in [0.1, 0.15) is 16.7 Å². The molecule has 4 nitrogen and oxygen atoms in total. The zero-order valence-electron chi connectivity index (χ0n) is 11.8. The molecule has 104 valence electrons. The maximum Gasteiger partial charge on any atom is 0.238 e. The Bertz CT molecular complexity index is 561. The summed E-state index contributed by atoms with van der Waals surface area (Å²) in [6.45, 7) is 4.90. The predicted octanol–water partition coefficient (Wildman–Crippen LogP) is 2.43. The number of aromatic nitrogens is 1. The van der Waals surface area contributed by atoms with E-state index in [0.29, 0.717) is 6.54 Å². The van der Waals surface area contributed by atoms with Crippen molar-refractivity contribution in [1.29, 1.82) is 0 Å². The Morgan fingerprint density at radius 1 is 1.15 bits per heavy atom. The topological polar surface area (TPSA) is 54.0 Å². The average Bonchev–Trinajstić information content (AvgIpc) is 2.44. The third-order valence-electron chi connectivity index (χ3n) is 3.08. The van der Waals surface area contributed by atoms with Crippen molar-refractivity contribution in [3.8, 4) is 0 Å². The molecule has 2 rings (SSSR count). The van der Waals surface area contributed by atoms with Crippen LogP contribution in [0.25, 0.3) is 0 Å². The van der Waals surface area contributed by atoms with Gasteiger partial charge in [0.1, 0.15) is 0 Å². The maximum absolute atomic E-state index is 11.9. The van der Waals surface area contributed by atoms with Crippen molar-refractivity contribution in [2.45, 2.75) is 20.4 Å². The van der Waals surface area contributed by atoms with Crippen molar-refractivity contribution >= 4 is 11.6 Å². The number of nitrogens with one attached hydrogen (secondary N) is 2. The summed E-state index contributed by atoms with van der Waals surface area (Å²) >= 11 is 0. The first kappa shape index (κ1) is 14.2. The number of amides is 1. The second kappa shape index (κ2) is 6.82. The number of benzene rings is 1. The zero-order valence-corrected chi connectivity index (χ0v) is 11.8. The Morgan fingerprint density at radius 3 is 2.55 bits per heavy atom. The first-order chi connectivity index (χ1) is 9.66. The van der Waals surface area contributed by atoms with E-state index in [1.54, 1.807) is 12.4 Å². The quantitative estimate of drug-likeness (QED) is 0.876. The van der Waals surface area contributed by atoms with Gasteiger partial charge in [-0.15, -0.1) is 0 Å². The lowest BCUT2D eigenvalue weighted by atomic mass is 10.1. The van der Waals surface area contributed by atoms with E-state index < -0.39 is 0 Å². The Balaban J connectivity index is 1.84. The monoisotopic (exact) mass is 269 g/mol. The highest BCUT2D eigenvalue weighted by Crippen LogP contribution is 2.18. The van der Waals surface area contributed by atoms with Crippen molar-refractivity contribution in [1.82, 2.24) is 10.3 Å². The minimum atomic E-state index is -0.0358. The van der Waals surface area contributed by atoms with Gasteiger partial charge in [-0.05, 0) is 36.6 Å². The molecule has 4 heteroatoms. The van der Waals surface area contributed by atoms with Crippen molar-refractivity contribution in [3.05, 3.63) is 59.4 Å². The minimum absolute atomic E-state index is 0.0358. The number of hydrogen-bond donors (Lipinski definition) is 2. The van der Waals surface area contributed by atoms with Crippen molar-refractivity contribution < 1.29 is 4.79 Å². The standard InChI is InChI=1S/C16H19N3O/c1-12-5-3-6-13(2)16(12)19-15(20)11-18-10-14-7-4-8-17-9-14/h3-9,18H,10-11H2,1-2H3,(H,19,20). The average molecular weight is 269 g/mol. The predicted molar refractivity (Wildman–Crippen MR) is 80.5 cm³/mol. The fourth-order valence-electron chi connectivity index (χ4n) is 2.02. The first-order valence-corrected chi connectivity index (χ1v) is 6.62. The lowest BCUT2D eigenvalue weighted by Gasteiger charge is -2.11. The summed E-state index contributed by atoms with van der Waals surface area (Å²) in [4.78, 5) is 16.0. The molecule has 1 aromatic heterocycles. The van der Waals surface area contributed by atoms with Gasteiger partial charge in [-0.2, -0.15) is 0 Å². The lowest BCUT2D eigenvalue weighted by Crippen LogP contribution is -2.28. The van der Waals surface area contributed by atoms with Crippen LogP contribution in [0.4, 0.5) is 5.69 Å². The number of carbonyl (C=O) groups is 1. The molecule has 0 atom stereocenters. The summed E-state index contributed by atoms with van der Waals surface area (Å²) in [5.41, 5.74) is 4.12. The summed E-state index contributed by atoms with van der Waals surface area (Å²) in [5.74, 6) is -0.0358. The summed E-state index contributed by atoms with van der Waals surface area (Å²) in [5, 5.41) is 6.06. The summed E-state index contributed by atoms with van der Waals surface area (Å²) in [6, 6.07) is 9.83. The van der Waals surface area contributed by atoms with Gasteiger partial charge in [-0.25, -0.2) is 0 Å². The van der Waals surface area contributed by atoms with Crippen molar-refractivity contribution in [3.63, 3.8) is 0 Å². The van der Waals surface area contributed by atoms with Crippen molar-refractivity contribution in [2.75, 3.05) is 11.9 Å². The van der Waals surface area contributed by atoms with E-state index in [4.69, 9.17) is 0 Å². The third-order valence-corrected chi connectivity index (χ3v) is 3.08. The number of nitrogens with zero attached hydrogens (tertiary/aromatic N) is 1. The Labute approximate surface area is 119 Å². The molecule has 20 heavy (non-hydrogen) atoms. The number of rotatable bonds is 5. The van der Waals surface area contributed by atoms with Crippen LogP contribution < -0.4 is 10.6 Å². The van der Waals surface area contributed by atoms with Gasteiger partial charge in [0.2, 0.25) is 5.91 Å². The summed E-state index contributed by atoms with van der Waals surface area (Å²) in [6.07, 6.45) is 3.52. The van der Waals surface area contributed by atoms with E-state index in [1.807, 2.05) is 44.2 Å². The third kappa shape index (κ3) is 3.90. The van der Waals surface area contributed by atoms with Crippen LogP contribution in [0, 0.1) is 13.8 Å². The van der Waals surface area contributed by atoms with Gasteiger partial charge in [0.05, 0.1) is 6.54 Å². The fourth-order valence-corrected chi connectivity index (χ4v) is 2.02. The number of carbonyl (C=O) groups excluding carboxylic acids is 1. The number of para-hydroxylation sites is 1. The molecule has 0 saturated heterocycles. The van der Waals surface area contributed by atoms with E-state index in [2.05, 4.69) is 15.6 Å². The normalized spacial score (nSPS) is 10.3. The zero-order chi connectivity index (χ0) is 14.4. The molecule has 0 radical (unpaired) electrons. The smallest absolute Gasteiger partial charge is 0.238 e. The fraction of sp³-hybridized carbons (Fsp3) is 0.250. The molecule has 0 unspecified atom stereocenters. The van der Waals surface area contributed by atoms with Crippen LogP contribution in [-0.2, 0) is 11.3 Å². The molecular formula is C16H19N3O. The van der Waals surface area contributed by atoms with Crippen LogP contribution >= 0.6 is 0 Å². The number of aryl methyl sites for hydroxylation is 2. The Kier molecular flexibility index (Phi) is 4.85. The van der Waals surface area contributed by atoms with Gasteiger partial charge in [0.25, 0.3) is 0 Å². The molecular weight excluding hydrogens is 250 g/mol. The largest absolute Gasteiger partial charge is 0.324 e. The van der Waals surface area contributed by atoms with E-state index >= 15 is 0 Å². The van der Waals surface area contributed by atoms with E-state index in [9.17, 15) is 4.79 Å². The van der Waals surface area contributed by atoms with Crippen LogP contribution in [0.3, 0.4) is 0 Å². The molecule has 1 amide bonds. The van der Waals surface area contributed by atoms with E-state index in [0.717, 1.165) is 22.4 Å². The number of hydrogen-bond acceptors (Lipinski definition) is 3. The molecule has 2 N–H and O–H groups in total. The maximum atomic E-state index is 11.9. The molecule has 0 fully saturated rings. The van der Waals surface area contributed by atoms with Gasteiger partial charge in [0, 0.05) is 24.6 Å².